The first kappa shape index (κ1) is 20.1. The second kappa shape index (κ2) is 6.15. The summed E-state index contributed by atoms with van der Waals surface area (Å²) in [6, 6.07) is -0.199. The van der Waals surface area contributed by atoms with E-state index < -0.39 is 11.0 Å². The van der Waals surface area contributed by atoms with Crippen molar-refractivity contribution in [2.24, 2.45) is 16.7 Å². The van der Waals surface area contributed by atoms with Gasteiger partial charge in [-0.2, -0.15) is 0 Å². The van der Waals surface area contributed by atoms with E-state index in [0.717, 1.165) is 5.57 Å². The molecule has 0 saturated carbocycles. The molecule has 0 fully saturated rings. The molecule has 0 aromatic carbocycles. The van der Waals surface area contributed by atoms with Crippen molar-refractivity contribution in [3.63, 3.8) is 0 Å². The molecule has 1 aliphatic rings. The first-order valence-corrected chi connectivity index (χ1v) is 8.47. The number of ether oxygens (including phenoxy) is 1. The maximum absolute atomic E-state index is 12.5. The fourth-order valence-electron chi connectivity index (χ4n) is 3.68. The standard InChI is InChI=1S/C18H31NO3S/c1-11-10-14(16(4,5)6)19(12(2)20)18(23,22-13(3)21)15(11)17(7,8)9/h10,14-15,23H,1-9H3. The van der Waals surface area contributed by atoms with Crippen LogP contribution in [0.1, 0.15) is 62.3 Å². The molecule has 0 aromatic heterocycles. The quantitative estimate of drug-likeness (QED) is 0.339. The van der Waals surface area contributed by atoms with Gasteiger partial charge in [0.05, 0.1) is 12.0 Å². The highest BCUT2D eigenvalue weighted by molar-refractivity contribution is 7.81. The highest BCUT2D eigenvalue weighted by Crippen LogP contribution is 2.51. The van der Waals surface area contributed by atoms with Crippen LogP contribution in [-0.2, 0) is 14.3 Å². The van der Waals surface area contributed by atoms with Crippen LogP contribution < -0.4 is 0 Å². The Morgan fingerprint density at radius 2 is 1.61 bits per heavy atom. The van der Waals surface area contributed by atoms with Crippen molar-refractivity contribution in [1.82, 2.24) is 4.90 Å². The average Bonchev–Trinajstić information content (AvgIpc) is 2.21. The van der Waals surface area contributed by atoms with Gasteiger partial charge >= 0.3 is 5.97 Å². The van der Waals surface area contributed by atoms with Gasteiger partial charge in [-0.25, -0.2) is 0 Å². The summed E-state index contributed by atoms with van der Waals surface area (Å²) in [5.74, 6) is -0.799. The molecule has 0 saturated heterocycles. The lowest BCUT2D eigenvalue weighted by Gasteiger charge is -2.56. The summed E-state index contributed by atoms with van der Waals surface area (Å²) in [6.07, 6.45) is 2.12. The second-order valence-corrected chi connectivity index (χ2v) is 9.30. The number of thiol groups is 1. The monoisotopic (exact) mass is 341 g/mol. The van der Waals surface area contributed by atoms with E-state index in [4.69, 9.17) is 17.4 Å². The highest BCUT2D eigenvalue weighted by Gasteiger charge is 2.57. The van der Waals surface area contributed by atoms with Gasteiger partial charge in [0.2, 0.25) is 11.0 Å². The van der Waals surface area contributed by atoms with Gasteiger partial charge in [-0.05, 0) is 17.8 Å². The summed E-state index contributed by atoms with van der Waals surface area (Å²) in [7, 11) is 0. The molecule has 0 aromatic rings. The third-order valence-corrected chi connectivity index (χ3v) is 4.83. The molecule has 1 aliphatic heterocycles. The molecule has 23 heavy (non-hydrogen) atoms. The first-order chi connectivity index (χ1) is 10.1. The maximum Gasteiger partial charge on any atom is 0.305 e. The van der Waals surface area contributed by atoms with Gasteiger partial charge in [-0.1, -0.05) is 53.2 Å². The summed E-state index contributed by atoms with van der Waals surface area (Å²) >= 11 is 4.78. The van der Waals surface area contributed by atoms with E-state index in [1.807, 2.05) is 6.92 Å². The van der Waals surface area contributed by atoms with Gasteiger partial charge in [0, 0.05) is 13.8 Å². The molecular weight excluding hydrogens is 310 g/mol. The summed E-state index contributed by atoms with van der Waals surface area (Å²) in [4.78, 5) is 25.9. The van der Waals surface area contributed by atoms with Crippen LogP contribution in [-0.4, -0.2) is 27.9 Å². The minimum absolute atomic E-state index is 0.154. The molecular formula is C18H31NO3S. The summed E-state index contributed by atoms with van der Waals surface area (Å²) in [6.45, 7) is 17.3. The maximum atomic E-state index is 12.5. The molecule has 5 heteroatoms. The Bertz CT molecular complexity index is 527. The zero-order valence-corrected chi connectivity index (χ0v) is 16.7. The zero-order valence-electron chi connectivity index (χ0n) is 15.9. The highest BCUT2D eigenvalue weighted by atomic mass is 32.1. The predicted octanol–water partition coefficient (Wildman–Crippen LogP) is 4.02. The Morgan fingerprint density at radius 1 is 1.13 bits per heavy atom. The van der Waals surface area contributed by atoms with Gasteiger partial charge in [0.1, 0.15) is 0 Å². The smallest absolute Gasteiger partial charge is 0.305 e. The number of nitrogens with zero attached hydrogens (tertiary/aromatic N) is 1. The Balaban J connectivity index is 3.68. The Hall–Kier alpha value is -0.970. The van der Waals surface area contributed by atoms with Crippen molar-refractivity contribution in [3.05, 3.63) is 11.6 Å². The molecule has 3 unspecified atom stereocenters. The number of esters is 1. The van der Waals surface area contributed by atoms with E-state index in [-0.39, 0.29) is 28.7 Å². The molecule has 0 spiro atoms. The van der Waals surface area contributed by atoms with Crippen molar-refractivity contribution in [2.45, 2.75) is 73.4 Å². The van der Waals surface area contributed by atoms with Crippen molar-refractivity contribution in [2.75, 3.05) is 0 Å². The second-order valence-electron chi connectivity index (χ2n) is 8.66. The van der Waals surface area contributed by atoms with Crippen LogP contribution in [0.15, 0.2) is 11.6 Å². The number of hydrogen-bond acceptors (Lipinski definition) is 4. The van der Waals surface area contributed by atoms with Crippen LogP contribution >= 0.6 is 12.6 Å². The van der Waals surface area contributed by atoms with E-state index in [9.17, 15) is 9.59 Å². The zero-order chi connectivity index (χ0) is 18.4. The van der Waals surface area contributed by atoms with Gasteiger partial charge in [0.15, 0.2) is 0 Å². The van der Waals surface area contributed by atoms with Crippen molar-refractivity contribution in [1.29, 1.82) is 0 Å². The molecule has 0 N–H and O–H groups in total. The van der Waals surface area contributed by atoms with E-state index in [0.29, 0.717) is 0 Å². The molecule has 132 valence electrons. The SMILES string of the molecule is CC(=O)OC1(S)C(C(C)(C)C)C(C)=CC(C(C)(C)C)N1C(C)=O. The molecule has 1 rings (SSSR count). The third-order valence-electron chi connectivity index (χ3n) is 4.26. The molecule has 0 radical (unpaired) electrons. The summed E-state index contributed by atoms with van der Waals surface area (Å²) in [5, 5.41) is -1.30. The van der Waals surface area contributed by atoms with Crippen molar-refractivity contribution < 1.29 is 14.3 Å². The summed E-state index contributed by atoms with van der Waals surface area (Å²) in [5.41, 5.74) is 0.657. The number of carbonyl (C=O) groups is 2. The Labute approximate surface area is 146 Å². The number of hydrogen-bond donors (Lipinski definition) is 1. The molecule has 0 aliphatic carbocycles. The average molecular weight is 342 g/mol. The fourth-order valence-corrected chi connectivity index (χ4v) is 4.66. The molecule has 3 atom stereocenters. The van der Waals surface area contributed by atoms with Crippen molar-refractivity contribution >= 4 is 24.5 Å². The normalized spacial score (nSPS) is 29.1. The lowest BCUT2D eigenvalue weighted by molar-refractivity contribution is -0.189. The molecule has 1 heterocycles. The molecule has 4 nitrogen and oxygen atoms in total. The van der Waals surface area contributed by atoms with Gasteiger partial charge in [-0.15, -0.1) is 12.6 Å². The van der Waals surface area contributed by atoms with E-state index >= 15 is 0 Å². The van der Waals surface area contributed by atoms with Crippen LogP contribution in [0, 0.1) is 16.7 Å². The predicted molar refractivity (Wildman–Crippen MR) is 95.9 cm³/mol. The van der Waals surface area contributed by atoms with Crippen LogP contribution in [0.2, 0.25) is 0 Å². The van der Waals surface area contributed by atoms with Crippen LogP contribution in [0.5, 0.6) is 0 Å². The van der Waals surface area contributed by atoms with Crippen LogP contribution in [0.4, 0.5) is 0 Å². The third kappa shape index (κ3) is 3.93. The van der Waals surface area contributed by atoms with Gasteiger partial charge in [-0.3, -0.25) is 14.5 Å². The van der Waals surface area contributed by atoms with Gasteiger partial charge < -0.3 is 4.74 Å². The minimum Gasteiger partial charge on any atom is -0.429 e. The minimum atomic E-state index is -1.30. The van der Waals surface area contributed by atoms with E-state index in [1.54, 1.807) is 4.90 Å². The summed E-state index contributed by atoms with van der Waals surface area (Å²) < 4.78 is 5.68. The molecule has 0 bridgehead atoms. The Kier molecular flexibility index (Phi) is 5.37. The van der Waals surface area contributed by atoms with Gasteiger partial charge in [0.25, 0.3) is 0 Å². The topological polar surface area (TPSA) is 46.6 Å². The Morgan fingerprint density at radius 3 is 1.91 bits per heavy atom. The van der Waals surface area contributed by atoms with Crippen molar-refractivity contribution in [3.8, 4) is 0 Å². The lowest BCUT2D eigenvalue weighted by Crippen LogP contribution is -2.65. The largest absolute Gasteiger partial charge is 0.429 e. The fraction of sp³-hybridized carbons (Fsp3) is 0.778. The number of amides is 1. The van der Waals surface area contributed by atoms with E-state index in [2.05, 4.69) is 47.6 Å². The number of rotatable bonds is 1. The first-order valence-electron chi connectivity index (χ1n) is 8.02. The molecule has 1 amide bonds. The lowest BCUT2D eigenvalue weighted by atomic mass is 9.69. The number of carbonyl (C=O) groups excluding carboxylic acids is 2. The van der Waals surface area contributed by atoms with Crippen LogP contribution in [0.3, 0.4) is 0 Å². The van der Waals surface area contributed by atoms with Crippen LogP contribution in [0.25, 0.3) is 0 Å². The van der Waals surface area contributed by atoms with E-state index in [1.165, 1.54) is 13.8 Å².